The lowest BCUT2D eigenvalue weighted by Crippen LogP contribution is -2.25. The van der Waals surface area contributed by atoms with Crippen molar-refractivity contribution in [3.63, 3.8) is 0 Å². The number of esters is 1. The second kappa shape index (κ2) is 13.0. The molecule has 7 heteroatoms. The fourth-order valence-corrected chi connectivity index (χ4v) is 4.17. The third kappa shape index (κ3) is 6.95. The highest BCUT2D eigenvalue weighted by atomic mass is 19.1. The van der Waals surface area contributed by atoms with Crippen LogP contribution in [0.1, 0.15) is 58.3 Å². The molecule has 184 valence electrons. The van der Waals surface area contributed by atoms with E-state index in [1.165, 1.54) is 18.4 Å². The summed E-state index contributed by atoms with van der Waals surface area (Å²) in [5.74, 6) is -1.28. The van der Waals surface area contributed by atoms with Crippen molar-refractivity contribution in [3.8, 4) is 11.7 Å². The average molecular weight is 473 g/mol. The number of rotatable bonds is 12. The molecule has 0 atom stereocenters. The zero-order valence-electron chi connectivity index (χ0n) is 19.7. The number of halogens is 1. The molecule has 0 unspecified atom stereocenters. The molecule has 2 aromatic rings. The van der Waals surface area contributed by atoms with Gasteiger partial charge in [0, 0.05) is 6.07 Å². The van der Waals surface area contributed by atoms with Gasteiger partial charge in [0.15, 0.2) is 11.6 Å². The Kier molecular flexibility index (Phi) is 9.74. The fraction of sp³-hybridized carbons (Fsp3) is 0.481. The van der Waals surface area contributed by atoms with Gasteiger partial charge in [-0.15, -0.1) is 0 Å². The van der Waals surface area contributed by atoms with Crippen molar-refractivity contribution < 1.29 is 27.8 Å². The summed E-state index contributed by atoms with van der Waals surface area (Å²) in [4.78, 5) is 25.1. The highest BCUT2D eigenvalue weighted by Gasteiger charge is 2.27. The van der Waals surface area contributed by atoms with Gasteiger partial charge < -0.3 is 18.6 Å². The van der Waals surface area contributed by atoms with Gasteiger partial charge in [0.05, 0.1) is 18.8 Å². The normalized spacial score (nSPS) is 18.2. The van der Waals surface area contributed by atoms with E-state index in [9.17, 15) is 14.0 Å². The van der Waals surface area contributed by atoms with Crippen LogP contribution in [0.25, 0.3) is 10.8 Å². The molecule has 6 nitrogen and oxygen atoms in total. The molecular weight excluding hydrogens is 439 g/mol. The SMILES string of the molecule is C=COC/C=C/C1CCC(C(=O)Oc2cc3ccc(OCCCCCC)c(F)c3c(=O)o2)CC1. The quantitative estimate of drug-likeness (QED) is 0.156. The molecule has 34 heavy (non-hydrogen) atoms. The summed E-state index contributed by atoms with van der Waals surface area (Å²) < 4.78 is 35.9. The largest absolute Gasteiger partial charge is 0.498 e. The zero-order valence-corrected chi connectivity index (χ0v) is 19.7. The first-order valence-electron chi connectivity index (χ1n) is 12.0. The van der Waals surface area contributed by atoms with Gasteiger partial charge in [-0.05, 0) is 55.5 Å². The van der Waals surface area contributed by atoms with E-state index in [-0.39, 0.29) is 23.0 Å². The maximum absolute atomic E-state index is 14.8. The van der Waals surface area contributed by atoms with E-state index in [2.05, 4.69) is 19.6 Å². The van der Waals surface area contributed by atoms with Crippen LogP contribution in [0.15, 0.2) is 52.4 Å². The van der Waals surface area contributed by atoms with E-state index >= 15 is 0 Å². The minimum absolute atomic E-state index is 0.0166. The van der Waals surface area contributed by atoms with Crippen LogP contribution in [0.3, 0.4) is 0 Å². The Labute approximate surface area is 199 Å². The van der Waals surface area contributed by atoms with Gasteiger partial charge in [-0.2, -0.15) is 0 Å². The molecule has 0 aliphatic heterocycles. The maximum atomic E-state index is 14.8. The predicted molar refractivity (Wildman–Crippen MR) is 128 cm³/mol. The summed E-state index contributed by atoms with van der Waals surface area (Å²) in [5, 5.41) is 0.0871. The second-order valence-electron chi connectivity index (χ2n) is 8.56. The van der Waals surface area contributed by atoms with Crippen LogP contribution in [0.2, 0.25) is 0 Å². The van der Waals surface area contributed by atoms with Gasteiger partial charge >= 0.3 is 11.6 Å². The summed E-state index contributed by atoms with van der Waals surface area (Å²) >= 11 is 0. The minimum atomic E-state index is -0.898. The molecule has 0 amide bonds. The topological polar surface area (TPSA) is 75.0 Å². The number of carbonyl (C=O) groups excluding carboxylic acids is 1. The Morgan fingerprint density at radius 2 is 2.00 bits per heavy atom. The number of benzene rings is 1. The Hall–Kier alpha value is -3.09. The summed E-state index contributed by atoms with van der Waals surface area (Å²) in [5.41, 5.74) is -0.898. The first-order valence-corrected chi connectivity index (χ1v) is 12.0. The molecule has 0 spiro atoms. The van der Waals surface area contributed by atoms with Crippen molar-refractivity contribution in [1.82, 2.24) is 0 Å². The van der Waals surface area contributed by atoms with Crippen molar-refractivity contribution >= 4 is 16.7 Å². The third-order valence-corrected chi connectivity index (χ3v) is 6.09. The summed E-state index contributed by atoms with van der Waals surface area (Å²) in [7, 11) is 0. The van der Waals surface area contributed by atoms with Gasteiger partial charge in [-0.25, -0.2) is 9.18 Å². The molecule has 1 aromatic carbocycles. The van der Waals surface area contributed by atoms with Gasteiger partial charge in [0.25, 0.3) is 5.95 Å². The lowest BCUT2D eigenvalue weighted by atomic mass is 9.82. The Morgan fingerprint density at radius 1 is 1.21 bits per heavy atom. The second-order valence-corrected chi connectivity index (χ2v) is 8.56. The Morgan fingerprint density at radius 3 is 2.74 bits per heavy atom. The molecule has 3 rings (SSSR count). The van der Waals surface area contributed by atoms with E-state index in [1.807, 2.05) is 6.08 Å². The number of allylic oxidation sites excluding steroid dienone is 1. The van der Waals surface area contributed by atoms with Crippen LogP contribution in [0.4, 0.5) is 4.39 Å². The van der Waals surface area contributed by atoms with Crippen LogP contribution in [-0.2, 0) is 9.53 Å². The first-order chi connectivity index (χ1) is 16.5. The van der Waals surface area contributed by atoms with Gasteiger partial charge in [0.2, 0.25) is 0 Å². The maximum Gasteiger partial charge on any atom is 0.349 e. The van der Waals surface area contributed by atoms with E-state index in [0.29, 0.717) is 37.4 Å². The molecule has 0 radical (unpaired) electrons. The zero-order chi connectivity index (χ0) is 24.3. The molecule has 1 saturated carbocycles. The first kappa shape index (κ1) is 25.5. The fourth-order valence-electron chi connectivity index (χ4n) is 4.17. The lowest BCUT2D eigenvalue weighted by Gasteiger charge is -2.24. The van der Waals surface area contributed by atoms with Crippen molar-refractivity contribution in [3.05, 3.63) is 59.4 Å². The highest BCUT2D eigenvalue weighted by molar-refractivity contribution is 5.84. The van der Waals surface area contributed by atoms with Crippen LogP contribution in [0, 0.1) is 17.7 Å². The third-order valence-electron chi connectivity index (χ3n) is 6.09. The monoisotopic (exact) mass is 472 g/mol. The lowest BCUT2D eigenvalue weighted by molar-refractivity contribution is -0.141. The van der Waals surface area contributed by atoms with Crippen molar-refractivity contribution in [2.24, 2.45) is 11.8 Å². The van der Waals surface area contributed by atoms with Crippen molar-refractivity contribution in [1.29, 1.82) is 0 Å². The molecule has 1 heterocycles. The molecule has 1 aromatic heterocycles. The molecule has 0 saturated heterocycles. The van der Waals surface area contributed by atoms with E-state index < -0.39 is 17.4 Å². The van der Waals surface area contributed by atoms with E-state index in [1.54, 1.807) is 6.07 Å². The molecule has 1 aliphatic rings. The molecule has 1 fully saturated rings. The summed E-state index contributed by atoms with van der Waals surface area (Å²) in [6.45, 7) is 6.48. The van der Waals surface area contributed by atoms with Gasteiger partial charge in [0.1, 0.15) is 12.0 Å². The summed E-state index contributed by atoms with van der Waals surface area (Å²) in [6.07, 6.45) is 12.6. The van der Waals surface area contributed by atoms with Crippen LogP contribution in [-0.4, -0.2) is 19.2 Å². The smallest absolute Gasteiger partial charge is 0.349 e. The van der Waals surface area contributed by atoms with Crippen LogP contribution >= 0.6 is 0 Å². The standard InChI is InChI=1S/C27H33FO6/c1-3-5-6-7-17-32-22-15-14-21-18-23(34-27(30)24(21)25(22)28)33-26(29)20-12-10-19(11-13-20)9-8-16-31-4-2/h4,8-9,14-15,18-20H,2-3,5-7,10-13,16-17H2,1H3/b9-8+. The van der Waals surface area contributed by atoms with Crippen LogP contribution in [0.5, 0.6) is 11.7 Å². The van der Waals surface area contributed by atoms with Crippen LogP contribution < -0.4 is 15.1 Å². The highest BCUT2D eigenvalue weighted by Crippen LogP contribution is 2.32. The molecular formula is C27H33FO6. The average Bonchev–Trinajstić information content (AvgIpc) is 2.83. The number of hydrogen-bond donors (Lipinski definition) is 0. The number of fused-ring (bicyclic) bond motifs is 1. The Balaban J connectivity index is 1.59. The van der Waals surface area contributed by atoms with Gasteiger partial charge in [-0.1, -0.05) is 44.9 Å². The molecule has 0 N–H and O–H groups in total. The predicted octanol–water partition coefficient (Wildman–Crippen LogP) is 6.32. The molecule has 0 bridgehead atoms. The van der Waals surface area contributed by atoms with Gasteiger partial charge in [-0.3, -0.25) is 4.79 Å². The Bertz CT molecular complexity index is 1050. The summed E-state index contributed by atoms with van der Waals surface area (Å²) in [6, 6.07) is 4.43. The van der Waals surface area contributed by atoms with E-state index in [4.69, 9.17) is 18.6 Å². The number of unbranched alkanes of at least 4 members (excludes halogenated alkanes) is 3. The number of carbonyl (C=O) groups is 1. The van der Waals surface area contributed by atoms with Crippen molar-refractivity contribution in [2.75, 3.05) is 13.2 Å². The number of ether oxygens (including phenoxy) is 3. The van der Waals surface area contributed by atoms with E-state index in [0.717, 1.165) is 38.5 Å². The molecule has 1 aliphatic carbocycles. The number of hydrogen-bond acceptors (Lipinski definition) is 6. The van der Waals surface area contributed by atoms with Crippen molar-refractivity contribution in [2.45, 2.75) is 58.3 Å². The minimum Gasteiger partial charge on any atom is -0.498 e.